The summed E-state index contributed by atoms with van der Waals surface area (Å²) in [6.07, 6.45) is -0.504. The minimum absolute atomic E-state index is 0.0662. The summed E-state index contributed by atoms with van der Waals surface area (Å²) in [5, 5.41) is 12.8. The third-order valence-electron chi connectivity index (χ3n) is 3.28. The number of para-hydroxylation sites is 2. The number of β-amino-alcohol motifs (C(OH)–C–C–N with tert-alkyl or cyclic N) is 1. The zero-order valence-electron chi connectivity index (χ0n) is 10.2. The molecule has 2 N–H and O–H groups in total. The van der Waals surface area contributed by atoms with E-state index in [4.69, 9.17) is 4.74 Å². The first-order valence-electron chi connectivity index (χ1n) is 6.06. The fraction of sp³-hybridized carbons (Fsp3) is 0.462. The third kappa shape index (κ3) is 1.90. The van der Waals surface area contributed by atoms with Gasteiger partial charge in [-0.2, -0.15) is 0 Å². The van der Waals surface area contributed by atoms with E-state index >= 15 is 0 Å². The SMILES string of the molecule is CC1(O)CN(C(=O)C2CNc3ccccc3O2)C1. The van der Waals surface area contributed by atoms with Gasteiger partial charge in [0.2, 0.25) is 0 Å². The van der Waals surface area contributed by atoms with Gasteiger partial charge in [0.15, 0.2) is 6.10 Å². The molecule has 0 aromatic heterocycles. The molecule has 1 unspecified atom stereocenters. The van der Waals surface area contributed by atoms with E-state index < -0.39 is 11.7 Å². The third-order valence-corrected chi connectivity index (χ3v) is 3.28. The van der Waals surface area contributed by atoms with Crippen LogP contribution in [0.5, 0.6) is 5.75 Å². The molecule has 0 radical (unpaired) electrons. The summed E-state index contributed by atoms with van der Waals surface area (Å²) in [6, 6.07) is 7.56. The van der Waals surface area contributed by atoms with Crippen molar-refractivity contribution in [2.24, 2.45) is 0 Å². The van der Waals surface area contributed by atoms with Crippen molar-refractivity contribution < 1.29 is 14.6 Å². The van der Waals surface area contributed by atoms with Gasteiger partial charge in [-0.1, -0.05) is 12.1 Å². The van der Waals surface area contributed by atoms with E-state index in [0.717, 1.165) is 5.69 Å². The number of amides is 1. The maximum absolute atomic E-state index is 12.1. The molecular formula is C13H16N2O3. The maximum atomic E-state index is 12.1. The quantitative estimate of drug-likeness (QED) is 0.757. The fourth-order valence-corrected chi connectivity index (χ4v) is 2.39. The van der Waals surface area contributed by atoms with Crippen molar-refractivity contribution >= 4 is 11.6 Å². The molecule has 2 aliphatic rings. The second kappa shape index (κ2) is 3.88. The number of benzene rings is 1. The number of ether oxygens (including phenoxy) is 1. The van der Waals surface area contributed by atoms with E-state index in [-0.39, 0.29) is 5.91 Å². The number of hydrogen-bond donors (Lipinski definition) is 2. The van der Waals surface area contributed by atoms with Gasteiger partial charge in [0, 0.05) is 0 Å². The second-order valence-electron chi connectivity index (χ2n) is 5.17. The van der Waals surface area contributed by atoms with Gasteiger partial charge in [-0.15, -0.1) is 0 Å². The number of likely N-dealkylation sites (tertiary alicyclic amines) is 1. The predicted molar refractivity (Wildman–Crippen MR) is 66.6 cm³/mol. The lowest BCUT2D eigenvalue weighted by molar-refractivity contribution is -0.159. The monoisotopic (exact) mass is 248 g/mol. The number of anilines is 1. The molecule has 1 atom stereocenters. The topological polar surface area (TPSA) is 61.8 Å². The van der Waals surface area contributed by atoms with Crippen LogP contribution in [0.1, 0.15) is 6.92 Å². The van der Waals surface area contributed by atoms with Crippen molar-refractivity contribution in [1.29, 1.82) is 0 Å². The first-order valence-corrected chi connectivity index (χ1v) is 6.06. The molecule has 1 aromatic carbocycles. The molecule has 1 fully saturated rings. The van der Waals surface area contributed by atoms with Crippen LogP contribution in [0.25, 0.3) is 0 Å². The fourth-order valence-electron chi connectivity index (χ4n) is 2.39. The summed E-state index contributed by atoms with van der Waals surface area (Å²) in [6.45, 7) is 2.96. The minimum atomic E-state index is -0.740. The molecule has 0 saturated carbocycles. The molecule has 1 saturated heterocycles. The van der Waals surface area contributed by atoms with Gasteiger partial charge in [-0.25, -0.2) is 0 Å². The molecule has 5 heteroatoms. The van der Waals surface area contributed by atoms with Crippen molar-refractivity contribution in [2.75, 3.05) is 25.0 Å². The first-order chi connectivity index (χ1) is 8.55. The Morgan fingerprint density at radius 3 is 2.94 bits per heavy atom. The van der Waals surface area contributed by atoms with Crippen LogP contribution >= 0.6 is 0 Å². The van der Waals surface area contributed by atoms with Gasteiger partial charge in [0.05, 0.1) is 30.9 Å². The number of aliphatic hydroxyl groups is 1. The molecule has 1 aromatic rings. The zero-order valence-corrected chi connectivity index (χ0v) is 10.2. The molecule has 5 nitrogen and oxygen atoms in total. The minimum Gasteiger partial charge on any atom is -0.477 e. The van der Waals surface area contributed by atoms with Gasteiger partial charge in [-0.05, 0) is 19.1 Å². The normalized spacial score (nSPS) is 24.3. The highest BCUT2D eigenvalue weighted by atomic mass is 16.5. The highest BCUT2D eigenvalue weighted by Gasteiger charge is 2.42. The zero-order chi connectivity index (χ0) is 12.8. The molecule has 3 rings (SSSR count). The molecule has 0 aliphatic carbocycles. The first kappa shape index (κ1) is 11.3. The summed E-state index contributed by atoms with van der Waals surface area (Å²) >= 11 is 0. The lowest BCUT2D eigenvalue weighted by atomic mass is 9.96. The van der Waals surface area contributed by atoms with Gasteiger partial charge in [-0.3, -0.25) is 4.79 Å². The van der Waals surface area contributed by atoms with Crippen molar-refractivity contribution in [3.63, 3.8) is 0 Å². The van der Waals surface area contributed by atoms with Gasteiger partial charge < -0.3 is 20.1 Å². The molecule has 18 heavy (non-hydrogen) atoms. The van der Waals surface area contributed by atoms with Crippen LogP contribution in [0, 0.1) is 0 Å². The molecule has 96 valence electrons. The van der Waals surface area contributed by atoms with Crippen molar-refractivity contribution in [1.82, 2.24) is 4.90 Å². The average molecular weight is 248 g/mol. The number of nitrogens with one attached hydrogen (secondary N) is 1. The van der Waals surface area contributed by atoms with Crippen LogP contribution < -0.4 is 10.1 Å². The van der Waals surface area contributed by atoms with E-state index in [0.29, 0.717) is 25.4 Å². The average Bonchev–Trinajstić information content (AvgIpc) is 2.34. The summed E-state index contributed by atoms with van der Waals surface area (Å²) in [5.41, 5.74) is 0.174. The number of carbonyl (C=O) groups is 1. The van der Waals surface area contributed by atoms with Crippen molar-refractivity contribution in [2.45, 2.75) is 18.6 Å². The second-order valence-corrected chi connectivity index (χ2v) is 5.17. The Bertz CT molecular complexity index is 479. The van der Waals surface area contributed by atoms with Crippen LogP contribution in [0.2, 0.25) is 0 Å². The van der Waals surface area contributed by atoms with Crippen LogP contribution in [0.4, 0.5) is 5.69 Å². The van der Waals surface area contributed by atoms with Crippen molar-refractivity contribution in [3.05, 3.63) is 24.3 Å². The molecule has 1 amide bonds. The number of nitrogens with zero attached hydrogens (tertiary/aromatic N) is 1. The Labute approximate surface area is 105 Å². The lowest BCUT2D eigenvalue weighted by Gasteiger charge is -2.45. The molecule has 0 bridgehead atoms. The van der Waals surface area contributed by atoms with E-state index in [1.54, 1.807) is 11.8 Å². The van der Waals surface area contributed by atoms with Gasteiger partial charge in [0.1, 0.15) is 5.75 Å². The summed E-state index contributed by atoms with van der Waals surface area (Å²) in [5.74, 6) is 0.637. The van der Waals surface area contributed by atoms with Crippen molar-refractivity contribution in [3.8, 4) is 5.75 Å². The molecular weight excluding hydrogens is 232 g/mol. The number of fused-ring (bicyclic) bond motifs is 1. The Morgan fingerprint density at radius 1 is 1.50 bits per heavy atom. The van der Waals surface area contributed by atoms with Crippen LogP contribution in [-0.2, 0) is 4.79 Å². The maximum Gasteiger partial charge on any atom is 0.265 e. The predicted octanol–water partition coefficient (Wildman–Crippen LogP) is 0.453. The Morgan fingerprint density at radius 2 is 2.22 bits per heavy atom. The lowest BCUT2D eigenvalue weighted by Crippen LogP contribution is -2.64. The Balaban J connectivity index is 1.68. The number of carbonyl (C=O) groups excluding carboxylic acids is 1. The summed E-state index contributed by atoms with van der Waals surface area (Å²) in [7, 11) is 0. The van der Waals surface area contributed by atoms with Gasteiger partial charge >= 0.3 is 0 Å². The van der Waals surface area contributed by atoms with E-state index in [1.165, 1.54) is 0 Å². The largest absolute Gasteiger partial charge is 0.477 e. The van der Waals surface area contributed by atoms with Crippen LogP contribution in [0.15, 0.2) is 24.3 Å². The van der Waals surface area contributed by atoms with E-state index in [9.17, 15) is 9.90 Å². The number of rotatable bonds is 1. The smallest absolute Gasteiger partial charge is 0.265 e. The van der Waals surface area contributed by atoms with E-state index in [2.05, 4.69) is 5.32 Å². The van der Waals surface area contributed by atoms with Gasteiger partial charge in [0.25, 0.3) is 5.91 Å². The summed E-state index contributed by atoms with van der Waals surface area (Å²) < 4.78 is 5.68. The molecule has 2 heterocycles. The van der Waals surface area contributed by atoms with Crippen LogP contribution in [-0.4, -0.2) is 47.3 Å². The Hall–Kier alpha value is -1.75. The van der Waals surface area contributed by atoms with E-state index in [1.807, 2.05) is 24.3 Å². The highest BCUT2D eigenvalue weighted by Crippen LogP contribution is 2.30. The summed E-state index contributed by atoms with van der Waals surface area (Å²) in [4.78, 5) is 13.8. The highest BCUT2D eigenvalue weighted by molar-refractivity contribution is 5.84. The molecule has 0 spiro atoms. The number of hydrogen-bond acceptors (Lipinski definition) is 4. The molecule has 2 aliphatic heterocycles. The van der Waals surface area contributed by atoms with Crippen LogP contribution in [0.3, 0.4) is 0 Å². The standard InChI is InChI=1S/C13H16N2O3/c1-13(17)7-15(8-13)12(16)11-6-14-9-4-2-3-5-10(9)18-11/h2-5,11,14,17H,6-8H2,1H3. The Kier molecular flexibility index (Phi) is 2.45.